The van der Waals surface area contributed by atoms with Crippen LogP contribution in [0.25, 0.3) is 0 Å². The number of hydrogen-bond donors (Lipinski definition) is 1. The summed E-state index contributed by atoms with van der Waals surface area (Å²) < 4.78 is 6.88. The second-order valence-corrected chi connectivity index (χ2v) is 4.61. The van der Waals surface area contributed by atoms with Gasteiger partial charge in [-0.2, -0.15) is 0 Å². The molecule has 0 fully saturated rings. The van der Waals surface area contributed by atoms with Crippen LogP contribution in [-0.2, 0) is 28.4 Å². The highest BCUT2D eigenvalue weighted by atomic mass is 16.5. The van der Waals surface area contributed by atoms with Crippen molar-refractivity contribution in [3.8, 4) is 0 Å². The van der Waals surface area contributed by atoms with Crippen molar-refractivity contribution >= 4 is 11.9 Å². The first kappa shape index (κ1) is 16.7. The van der Waals surface area contributed by atoms with Crippen LogP contribution in [0, 0.1) is 6.92 Å². The second kappa shape index (κ2) is 6.38. The summed E-state index contributed by atoms with van der Waals surface area (Å²) in [6, 6.07) is 0. The van der Waals surface area contributed by atoms with Crippen molar-refractivity contribution in [2.75, 3.05) is 6.61 Å². The fraction of sp³-hybridized carbons (Fsp3) is 0.538. The number of ether oxygens (including phenoxy) is 1. The first-order chi connectivity index (χ1) is 9.72. The third kappa shape index (κ3) is 3.21. The number of aromatic nitrogens is 2. The summed E-state index contributed by atoms with van der Waals surface area (Å²) in [6.07, 6.45) is -0.576. The smallest absolute Gasteiger partial charge is 0.330 e. The van der Waals surface area contributed by atoms with Crippen LogP contribution in [0.2, 0.25) is 0 Å². The third-order valence-electron chi connectivity index (χ3n) is 3.30. The molecule has 8 heteroatoms. The highest BCUT2D eigenvalue weighted by molar-refractivity contribution is 5.84. The van der Waals surface area contributed by atoms with E-state index in [1.54, 1.807) is 6.92 Å². The van der Waals surface area contributed by atoms with E-state index in [1.807, 2.05) is 0 Å². The molecule has 21 heavy (non-hydrogen) atoms. The Morgan fingerprint density at radius 3 is 2.29 bits per heavy atom. The van der Waals surface area contributed by atoms with Crippen molar-refractivity contribution in [1.29, 1.82) is 0 Å². The van der Waals surface area contributed by atoms with Crippen LogP contribution in [0.5, 0.6) is 0 Å². The average molecular weight is 298 g/mol. The monoisotopic (exact) mass is 298 g/mol. The van der Waals surface area contributed by atoms with Crippen LogP contribution >= 0.6 is 0 Å². The highest BCUT2D eigenvalue weighted by Crippen LogP contribution is 2.21. The predicted molar refractivity (Wildman–Crippen MR) is 73.3 cm³/mol. The molecule has 1 atom stereocenters. The van der Waals surface area contributed by atoms with Gasteiger partial charge in [0, 0.05) is 19.8 Å². The summed E-state index contributed by atoms with van der Waals surface area (Å²) in [6.45, 7) is 3.15. The average Bonchev–Trinajstić information content (AvgIpc) is 2.42. The Kier molecular flexibility index (Phi) is 5.07. The van der Waals surface area contributed by atoms with Gasteiger partial charge in [-0.15, -0.1) is 0 Å². The molecule has 0 aromatic carbocycles. The number of carboxylic acid groups (broad SMARTS) is 1. The maximum atomic E-state index is 12.2. The molecule has 1 heterocycles. The molecule has 1 N–H and O–H groups in total. The summed E-state index contributed by atoms with van der Waals surface area (Å²) in [4.78, 5) is 47.0. The van der Waals surface area contributed by atoms with E-state index in [0.29, 0.717) is 0 Å². The van der Waals surface area contributed by atoms with Crippen LogP contribution < -0.4 is 11.2 Å². The Morgan fingerprint density at radius 2 is 1.81 bits per heavy atom. The molecule has 0 spiro atoms. The fourth-order valence-corrected chi connectivity index (χ4v) is 2.09. The minimum absolute atomic E-state index is 0.0274. The summed E-state index contributed by atoms with van der Waals surface area (Å²) in [7, 11) is 2.72. The van der Waals surface area contributed by atoms with Gasteiger partial charge in [-0.05, 0) is 13.8 Å². The van der Waals surface area contributed by atoms with E-state index < -0.39 is 35.5 Å². The predicted octanol–water partition coefficient (Wildman–Crippen LogP) is -0.486. The molecule has 0 radical (unpaired) electrons. The lowest BCUT2D eigenvalue weighted by Crippen LogP contribution is -2.42. The normalized spacial score (nSPS) is 12.0. The molecular formula is C13H18N2O6. The van der Waals surface area contributed by atoms with Gasteiger partial charge in [0.25, 0.3) is 5.56 Å². The Bertz CT molecular complexity index is 685. The molecule has 1 aromatic heterocycles. The van der Waals surface area contributed by atoms with E-state index in [1.165, 1.54) is 25.6 Å². The molecule has 0 aliphatic carbocycles. The van der Waals surface area contributed by atoms with Crippen molar-refractivity contribution in [2.24, 2.45) is 14.1 Å². The first-order valence-electron chi connectivity index (χ1n) is 6.37. The molecular weight excluding hydrogens is 280 g/mol. The number of nitrogens with zero attached hydrogens (tertiary/aromatic N) is 2. The van der Waals surface area contributed by atoms with Gasteiger partial charge in [0.1, 0.15) is 0 Å². The molecule has 116 valence electrons. The molecule has 0 amide bonds. The van der Waals surface area contributed by atoms with E-state index in [9.17, 15) is 19.2 Å². The maximum absolute atomic E-state index is 12.2. The van der Waals surface area contributed by atoms with Gasteiger partial charge in [-0.25, -0.2) is 4.79 Å². The molecule has 0 saturated heterocycles. The quantitative estimate of drug-likeness (QED) is 0.735. The zero-order chi connectivity index (χ0) is 16.3. The van der Waals surface area contributed by atoms with E-state index >= 15 is 0 Å². The lowest BCUT2D eigenvalue weighted by atomic mass is 9.95. The van der Waals surface area contributed by atoms with Crippen molar-refractivity contribution in [1.82, 2.24) is 9.13 Å². The summed E-state index contributed by atoms with van der Waals surface area (Å²) in [5, 5.41) is 8.95. The minimum atomic E-state index is -1.24. The van der Waals surface area contributed by atoms with Crippen LogP contribution in [0.15, 0.2) is 9.59 Å². The second-order valence-electron chi connectivity index (χ2n) is 4.61. The molecule has 0 aliphatic rings. The Hall–Kier alpha value is -2.38. The van der Waals surface area contributed by atoms with E-state index in [4.69, 9.17) is 9.84 Å². The lowest BCUT2D eigenvalue weighted by Gasteiger charge is -2.18. The summed E-state index contributed by atoms with van der Waals surface area (Å²) >= 11 is 0. The van der Waals surface area contributed by atoms with Gasteiger partial charge in [-0.3, -0.25) is 19.0 Å². The van der Waals surface area contributed by atoms with Crippen LogP contribution in [-0.4, -0.2) is 32.8 Å². The molecule has 1 rings (SSSR count). The number of aliphatic carboxylic acids is 1. The summed E-state index contributed by atoms with van der Waals surface area (Å²) in [5.74, 6) is -3.27. The number of esters is 1. The first-order valence-corrected chi connectivity index (χ1v) is 6.37. The fourth-order valence-electron chi connectivity index (χ4n) is 2.09. The van der Waals surface area contributed by atoms with Gasteiger partial charge in [0.2, 0.25) is 0 Å². The maximum Gasteiger partial charge on any atom is 0.330 e. The number of carbonyl (C=O) groups is 2. The number of hydrogen-bond acceptors (Lipinski definition) is 5. The Labute approximate surface area is 120 Å². The zero-order valence-corrected chi connectivity index (χ0v) is 12.4. The number of carbonyl (C=O) groups excluding carboxylic acids is 1. The van der Waals surface area contributed by atoms with E-state index in [-0.39, 0.29) is 17.9 Å². The van der Waals surface area contributed by atoms with Crippen LogP contribution in [0.1, 0.15) is 30.5 Å². The zero-order valence-electron chi connectivity index (χ0n) is 12.4. The van der Waals surface area contributed by atoms with Crippen molar-refractivity contribution in [3.05, 3.63) is 32.1 Å². The number of rotatable bonds is 5. The summed E-state index contributed by atoms with van der Waals surface area (Å²) in [5.41, 5.74) is -1.00. The largest absolute Gasteiger partial charge is 0.481 e. The third-order valence-corrected chi connectivity index (χ3v) is 3.30. The highest BCUT2D eigenvalue weighted by Gasteiger charge is 2.31. The molecule has 0 unspecified atom stereocenters. The Balaban J connectivity index is 3.59. The van der Waals surface area contributed by atoms with Gasteiger partial charge in [0.15, 0.2) is 0 Å². The van der Waals surface area contributed by atoms with Crippen molar-refractivity contribution in [3.63, 3.8) is 0 Å². The van der Waals surface area contributed by atoms with Crippen molar-refractivity contribution in [2.45, 2.75) is 26.2 Å². The van der Waals surface area contributed by atoms with Gasteiger partial charge < -0.3 is 14.4 Å². The van der Waals surface area contributed by atoms with Gasteiger partial charge in [-0.1, -0.05) is 0 Å². The molecule has 1 aromatic rings. The molecule has 0 aliphatic heterocycles. The van der Waals surface area contributed by atoms with Gasteiger partial charge >= 0.3 is 17.6 Å². The standard InChI is InChI=1S/C13H18N2O6/c1-5-21-12(19)8(6-9(16)17)10-7(2)14(3)13(20)15(4)11(10)18/h8H,5-6H2,1-4H3,(H,16,17)/t8-/m1/s1. The minimum Gasteiger partial charge on any atom is -0.481 e. The van der Waals surface area contributed by atoms with Crippen LogP contribution in [0.4, 0.5) is 0 Å². The van der Waals surface area contributed by atoms with E-state index in [2.05, 4.69) is 0 Å². The van der Waals surface area contributed by atoms with Crippen LogP contribution in [0.3, 0.4) is 0 Å². The molecule has 0 saturated carbocycles. The van der Waals surface area contributed by atoms with Crippen molar-refractivity contribution < 1.29 is 19.4 Å². The Morgan fingerprint density at radius 1 is 1.24 bits per heavy atom. The molecule has 8 nitrogen and oxygen atoms in total. The molecule has 0 bridgehead atoms. The SMILES string of the molecule is CCOC(=O)[C@H](CC(=O)O)c1c(C)n(C)c(=O)n(C)c1=O. The van der Waals surface area contributed by atoms with Gasteiger partial charge in [0.05, 0.1) is 24.5 Å². The topological polar surface area (TPSA) is 108 Å². The van der Waals surface area contributed by atoms with E-state index in [0.717, 1.165) is 4.57 Å². The number of carboxylic acids is 1. The lowest BCUT2D eigenvalue weighted by molar-refractivity contribution is -0.149.